The molecule has 25 heavy (non-hydrogen) atoms. The molecule has 0 aromatic heterocycles. The predicted molar refractivity (Wildman–Crippen MR) is 97.3 cm³/mol. The molecule has 2 aromatic carbocycles. The maximum Gasteiger partial charge on any atom is 0.247 e. The van der Waals surface area contributed by atoms with Crippen molar-refractivity contribution in [3.05, 3.63) is 76.9 Å². The summed E-state index contributed by atoms with van der Waals surface area (Å²) in [6.45, 7) is 4.27. The molecule has 0 aliphatic carbocycles. The molecule has 3 rings (SSSR count). The van der Waals surface area contributed by atoms with Crippen LogP contribution in [0.15, 0.2) is 60.2 Å². The number of hydrogen-bond acceptors (Lipinski definition) is 3. The van der Waals surface area contributed by atoms with Crippen molar-refractivity contribution in [2.24, 2.45) is 0 Å². The average Bonchev–Trinajstić information content (AvgIpc) is 2.66. The molecule has 2 aromatic rings. The lowest BCUT2D eigenvalue weighted by molar-refractivity contribution is -0.118. The van der Waals surface area contributed by atoms with Crippen LogP contribution in [0.3, 0.4) is 0 Å². The van der Waals surface area contributed by atoms with Crippen LogP contribution >= 0.6 is 0 Å². The van der Waals surface area contributed by atoms with Gasteiger partial charge in [-0.2, -0.15) is 0 Å². The van der Waals surface area contributed by atoms with E-state index < -0.39 is 0 Å². The van der Waals surface area contributed by atoms with Crippen LogP contribution in [0.4, 0.5) is 0 Å². The van der Waals surface area contributed by atoms with Crippen LogP contribution in [-0.4, -0.2) is 19.1 Å². The first kappa shape index (κ1) is 17.2. The van der Waals surface area contributed by atoms with E-state index in [1.54, 1.807) is 0 Å². The number of benzene rings is 2. The number of ether oxygens (including phenoxy) is 2. The van der Waals surface area contributed by atoms with Gasteiger partial charge in [-0.25, -0.2) is 0 Å². The van der Waals surface area contributed by atoms with Gasteiger partial charge < -0.3 is 14.8 Å². The maximum atomic E-state index is 12.1. The molecule has 1 amide bonds. The molecule has 1 N–H and O–H groups in total. The highest BCUT2D eigenvalue weighted by atomic mass is 16.5. The van der Waals surface area contributed by atoms with Gasteiger partial charge in [-0.3, -0.25) is 4.79 Å². The third kappa shape index (κ3) is 5.19. The summed E-state index contributed by atoms with van der Waals surface area (Å²) in [5.41, 5.74) is 4.24. The van der Waals surface area contributed by atoms with Gasteiger partial charge in [0.15, 0.2) is 0 Å². The van der Waals surface area contributed by atoms with Gasteiger partial charge >= 0.3 is 0 Å². The molecule has 0 spiro atoms. The number of hydrogen-bond donors (Lipinski definition) is 1. The van der Waals surface area contributed by atoms with Crippen LogP contribution in [0.5, 0.6) is 5.75 Å². The molecule has 0 saturated carbocycles. The monoisotopic (exact) mass is 337 g/mol. The van der Waals surface area contributed by atoms with E-state index in [0.717, 1.165) is 22.4 Å². The molecule has 4 nitrogen and oxygen atoms in total. The molecule has 1 aliphatic heterocycles. The number of carbonyl (C=O) groups excluding carboxylic acids is 1. The zero-order valence-corrected chi connectivity index (χ0v) is 14.5. The van der Waals surface area contributed by atoms with E-state index in [0.29, 0.717) is 32.8 Å². The first-order valence-electron chi connectivity index (χ1n) is 8.53. The van der Waals surface area contributed by atoms with E-state index in [1.807, 2.05) is 36.4 Å². The minimum Gasteiger partial charge on any atom is -0.489 e. The Labute approximate surface area is 148 Å². The smallest absolute Gasteiger partial charge is 0.247 e. The van der Waals surface area contributed by atoms with Crippen molar-refractivity contribution in [1.29, 1.82) is 0 Å². The van der Waals surface area contributed by atoms with Crippen molar-refractivity contribution < 1.29 is 14.3 Å². The Bertz CT molecular complexity index is 750. The second-order valence-electron chi connectivity index (χ2n) is 6.16. The number of aryl methyl sites for hydroxylation is 1. The Hall–Kier alpha value is -2.59. The van der Waals surface area contributed by atoms with Crippen LogP contribution in [0.2, 0.25) is 0 Å². The van der Waals surface area contributed by atoms with Crippen LogP contribution in [0.1, 0.15) is 23.1 Å². The van der Waals surface area contributed by atoms with Crippen molar-refractivity contribution in [1.82, 2.24) is 5.32 Å². The Balaban J connectivity index is 1.48. The third-order valence-corrected chi connectivity index (χ3v) is 4.12. The highest BCUT2D eigenvalue weighted by Gasteiger charge is 2.11. The maximum absolute atomic E-state index is 12.1. The molecule has 0 atom stereocenters. The minimum absolute atomic E-state index is 0.0110. The summed E-state index contributed by atoms with van der Waals surface area (Å²) in [5.74, 6) is 0.812. The fourth-order valence-electron chi connectivity index (χ4n) is 2.70. The van der Waals surface area contributed by atoms with E-state index in [1.165, 1.54) is 5.56 Å². The third-order valence-electron chi connectivity index (χ3n) is 4.12. The van der Waals surface area contributed by atoms with Crippen LogP contribution in [0, 0.1) is 6.92 Å². The van der Waals surface area contributed by atoms with E-state index in [9.17, 15) is 4.79 Å². The second kappa shape index (κ2) is 8.49. The van der Waals surface area contributed by atoms with Crippen molar-refractivity contribution in [3.8, 4) is 5.75 Å². The van der Waals surface area contributed by atoms with Gasteiger partial charge in [-0.15, -0.1) is 0 Å². The van der Waals surface area contributed by atoms with Crippen molar-refractivity contribution in [2.75, 3.05) is 13.2 Å². The summed E-state index contributed by atoms with van der Waals surface area (Å²) in [6.07, 6.45) is 2.53. The molecule has 1 heterocycles. The number of amides is 1. The lowest BCUT2D eigenvalue weighted by atomic mass is 10.1. The number of carbonyl (C=O) groups is 1. The zero-order chi connectivity index (χ0) is 17.5. The van der Waals surface area contributed by atoms with Crippen molar-refractivity contribution in [2.45, 2.75) is 26.5 Å². The predicted octanol–water partition coefficient (Wildman–Crippen LogP) is 3.54. The summed E-state index contributed by atoms with van der Waals surface area (Å²) >= 11 is 0. The summed E-state index contributed by atoms with van der Waals surface area (Å²) < 4.78 is 11.0. The highest BCUT2D eigenvalue weighted by Crippen LogP contribution is 2.15. The van der Waals surface area contributed by atoms with Gasteiger partial charge in [-0.05, 0) is 30.2 Å². The fraction of sp³-hybridized carbons (Fsp3) is 0.286. The van der Waals surface area contributed by atoms with E-state index in [2.05, 4.69) is 30.4 Å². The summed E-state index contributed by atoms with van der Waals surface area (Å²) in [7, 11) is 0. The van der Waals surface area contributed by atoms with E-state index in [4.69, 9.17) is 9.47 Å². The largest absolute Gasteiger partial charge is 0.489 e. The van der Waals surface area contributed by atoms with Crippen LogP contribution < -0.4 is 10.1 Å². The lowest BCUT2D eigenvalue weighted by Crippen LogP contribution is -2.26. The van der Waals surface area contributed by atoms with Gasteiger partial charge in [-0.1, -0.05) is 48.0 Å². The molecule has 0 unspecified atom stereocenters. The summed E-state index contributed by atoms with van der Waals surface area (Å²) in [4.78, 5) is 12.1. The van der Waals surface area contributed by atoms with Gasteiger partial charge in [0.25, 0.3) is 0 Å². The lowest BCUT2D eigenvalue weighted by Gasteiger charge is -2.13. The standard InChI is InChI=1S/C21H23NO3/c1-16-3-2-4-18(13-16)15-25-20-7-5-17(6-8-20)14-22-21(23)19-9-11-24-12-10-19/h2-9,13H,10-12,14-15H2,1H3,(H,22,23). The number of nitrogens with one attached hydrogen (secondary N) is 1. The molecular formula is C21H23NO3. The molecule has 0 bridgehead atoms. The minimum atomic E-state index is -0.0110. The van der Waals surface area contributed by atoms with Crippen LogP contribution in [0.25, 0.3) is 0 Å². The molecule has 0 fully saturated rings. The molecule has 0 saturated heterocycles. The van der Waals surface area contributed by atoms with E-state index >= 15 is 0 Å². The fourth-order valence-corrected chi connectivity index (χ4v) is 2.70. The van der Waals surface area contributed by atoms with Gasteiger partial charge in [0, 0.05) is 18.5 Å². The van der Waals surface area contributed by atoms with Crippen molar-refractivity contribution >= 4 is 5.91 Å². The summed E-state index contributed by atoms with van der Waals surface area (Å²) in [5, 5.41) is 2.95. The Morgan fingerprint density at radius 1 is 1.16 bits per heavy atom. The molecule has 1 aliphatic rings. The van der Waals surface area contributed by atoms with E-state index in [-0.39, 0.29) is 5.91 Å². The zero-order valence-electron chi connectivity index (χ0n) is 14.5. The summed E-state index contributed by atoms with van der Waals surface area (Å²) in [6, 6.07) is 16.1. The van der Waals surface area contributed by atoms with Crippen LogP contribution in [-0.2, 0) is 22.7 Å². The topological polar surface area (TPSA) is 47.6 Å². The van der Waals surface area contributed by atoms with Gasteiger partial charge in [0.1, 0.15) is 12.4 Å². The quantitative estimate of drug-likeness (QED) is 0.877. The Kier molecular flexibility index (Phi) is 5.86. The molecular weight excluding hydrogens is 314 g/mol. The SMILES string of the molecule is Cc1cccc(COc2ccc(CNC(=O)C3=CCOCC3)cc2)c1. The number of rotatable bonds is 6. The first-order chi connectivity index (χ1) is 12.2. The normalized spacial score (nSPS) is 13.9. The Morgan fingerprint density at radius 3 is 2.72 bits per heavy atom. The molecule has 130 valence electrons. The second-order valence-corrected chi connectivity index (χ2v) is 6.16. The highest BCUT2D eigenvalue weighted by molar-refractivity contribution is 5.93. The van der Waals surface area contributed by atoms with Gasteiger partial charge in [0.2, 0.25) is 5.91 Å². The van der Waals surface area contributed by atoms with Crippen molar-refractivity contribution in [3.63, 3.8) is 0 Å². The average molecular weight is 337 g/mol. The molecule has 0 radical (unpaired) electrons. The Morgan fingerprint density at radius 2 is 2.00 bits per heavy atom. The molecule has 4 heteroatoms. The first-order valence-corrected chi connectivity index (χ1v) is 8.53. The van der Waals surface area contributed by atoms with Gasteiger partial charge in [0.05, 0.1) is 13.2 Å².